The molecule has 5 nitrogen and oxygen atoms in total. The van der Waals surface area contributed by atoms with Crippen molar-refractivity contribution in [2.24, 2.45) is 0 Å². The Morgan fingerprint density at radius 2 is 1.96 bits per heavy atom. The molecule has 2 atom stereocenters. The van der Waals surface area contributed by atoms with E-state index in [0.29, 0.717) is 18.3 Å². The second kappa shape index (κ2) is 8.68. The van der Waals surface area contributed by atoms with E-state index in [2.05, 4.69) is 0 Å². The maximum Gasteiger partial charge on any atom is 0.251 e. The van der Waals surface area contributed by atoms with Gasteiger partial charge in [0.05, 0.1) is 12.7 Å². The maximum absolute atomic E-state index is 12.6. The molecule has 0 bridgehead atoms. The Morgan fingerprint density at radius 3 is 2.60 bits per heavy atom. The van der Waals surface area contributed by atoms with Gasteiger partial charge in [0.25, 0.3) is 5.91 Å². The molecule has 1 N–H and O–H groups in total. The van der Waals surface area contributed by atoms with Crippen LogP contribution < -0.4 is 0 Å². The van der Waals surface area contributed by atoms with Crippen LogP contribution in [-0.4, -0.2) is 54.4 Å². The van der Waals surface area contributed by atoms with Gasteiger partial charge in [0.1, 0.15) is 11.9 Å². The summed E-state index contributed by atoms with van der Waals surface area (Å²) in [7, 11) is 0. The fourth-order valence-corrected chi connectivity index (χ4v) is 3.70. The van der Waals surface area contributed by atoms with Crippen LogP contribution in [0.5, 0.6) is 5.75 Å². The van der Waals surface area contributed by atoms with Crippen LogP contribution in [0.4, 0.5) is 0 Å². The molecule has 3 rings (SSSR count). The largest absolute Gasteiger partial charge is 0.508 e. The number of hydrogen-bond acceptors (Lipinski definition) is 4. The number of hydrogen-bond donors (Lipinski definition) is 1. The molecule has 0 unspecified atom stereocenters. The second-order valence-corrected chi connectivity index (χ2v) is 7.16. The first-order chi connectivity index (χ1) is 12.1. The van der Waals surface area contributed by atoms with Crippen molar-refractivity contribution in [2.75, 3.05) is 26.3 Å². The summed E-state index contributed by atoms with van der Waals surface area (Å²) >= 11 is 0. The molecule has 1 aromatic rings. The van der Waals surface area contributed by atoms with Gasteiger partial charge in [-0.15, -0.1) is 0 Å². The molecule has 1 amide bonds. The van der Waals surface area contributed by atoms with E-state index in [9.17, 15) is 9.90 Å². The number of benzene rings is 1. The number of carbonyl (C=O) groups is 1. The van der Waals surface area contributed by atoms with Gasteiger partial charge in [-0.2, -0.15) is 0 Å². The van der Waals surface area contributed by atoms with Crippen molar-refractivity contribution < 1.29 is 19.4 Å². The van der Waals surface area contributed by atoms with Gasteiger partial charge in [-0.3, -0.25) is 4.79 Å². The summed E-state index contributed by atoms with van der Waals surface area (Å²) in [6.07, 6.45) is 4.98. The van der Waals surface area contributed by atoms with Crippen LogP contribution in [0.15, 0.2) is 24.3 Å². The lowest BCUT2D eigenvalue weighted by molar-refractivity contribution is -0.147. The number of aromatic hydroxyl groups is 1. The fourth-order valence-electron chi connectivity index (χ4n) is 3.70. The normalized spacial score (nSPS) is 23.4. The minimum Gasteiger partial charge on any atom is -0.508 e. The average molecular weight is 347 g/mol. The Balaban J connectivity index is 1.43. The monoisotopic (exact) mass is 347 g/mol. The lowest BCUT2D eigenvalue weighted by Crippen LogP contribution is -2.44. The number of likely N-dealkylation sites (tertiary alicyclic amines) is 1. The van der Waals surface area contributed by atoms with Crippen LogP contribution in [-0.2, 0) is 14.3 Å². The van der Waals surface area contributed by atoms with Gasteiger partial charge in [0.15, 0.2) is 0 Å². The third-order valence-corrected chi connectivity index (χ3v) is 5.32. The van der Waals surface area contributed by atoms with Crippen molar-refractivity contribution in [3.05, 3.63) is 29.8 Å². The van der Waals surface area contributed by atoms with Crippen LogP contribution >= 0.6 is 0 Å². The molecule has 25 heavy (non-hydrogen) atoms. The molecule has 2 heterocycles. The molecule has 0 radical (unpaired) electrons. The average Bonchev–Trinajstić information content (AvgIpc) is 2.67. The molecule has 2 saturated heterocycles. The van der Waals surface area contributed by atoms with Crippen LogP contribution in [0.2, 0.25) is 0 Å². The van der Waals surface area contributed by atoms with E-state index in [1.165, 1.54) is 12.0 Å². The van der Waals surface area contributed by atoms with Gasteiger partial charge in [-0.1, -0.05) is 12.1 Å². The summed E-state index contributed by atoms with van der Waals surface area (Å²) in [6, 6.07) is 7.42. The molecule has 0 spiro atoms. The predicted molar refractivity (Wildman–Crippen MR) is 95.7 cm³/mol. The number of phenols is 1. The van der Waals surface area contributed by atoms with E-state index in [1.807, 2.05) is 24.0 Å². The third-order valence-electron chi connectivity index (χ3n) is 5.32. The van der Waals surface area contributed by atoms with E-state index in [0.717, 1.165) is 45.4 Å². The van der Waals surface area contributed by atoms with Gasteiger partial charge in [-0.25, -0.2) is 0 Å². The molecule has 2 aliphatic heterocycles. The SMILES string of the molecule is C[C@@H](OC[C@@H]1CCCCO1)C(=O)N1CCC(c2ccc(O)cc2)CC1. The highest BCUT2D eigenvalue weighted by molar-refractivity contribution is 5.80. The van der Waals surface area contributed by atoms with Gasteiger partial charge in [-0.05, 0) is 62.6 Å². The van der Waals surface area contributed by atoms with Gasteiger partial charge in [0.2, 0.25) is 0 Å². The van der Waals surface area contributed by atoms with Gasteiger partial charge >= 0.3 is 0 Å². The Hall–Kier alpha value is -1.59. The number of ether oxygens (including phenoxy) is 2. The molecular formula is C20H29NO4. The molecule has 138 valence electrons. The first-order valence-electron chi connectivity index (χ1n) is 9.44. The minimum atomic E-state index is -0.407. The van der Waals surface area contributed by atoms with Crippen LogP contribution in [0.3, 0.4) is 0 Å². The second-order valence-electron chi connectivity index (χ2n) is 7.16. The first kappa shape index (κ1) is 18.2. The molecule has 0 aliphatic carbocycles. The topological polar surface area (TPSA) is 59.0 Å². The summed E-state index contributed by atoms with van der Waals surface area (Å²) in [4.78, 5) is 14.5. The van der Waals surface area contributed by atoms with E-state index in [4.69, 9.17) is 9.47 Å². The Bertz CT molecular complexity index is 545. The zero-order valence-electron chi connectivity index (χ0n) is 15.0. The zero-order valence-corrected chi connectivity index (χ0v) is 15.0. The summed E-state index contributed by atoms with van der Waals surface area (Å²) in [6.45, 7) is 4.69. The van der Waals surface area contributed by atoms with E-state index < -0.39 is 6.10 Å². The standard InChI is InChI=1S/C20H29NO4/c1-15(25-14-19-4-2-3-13-24-19)20(23)21-11-9-17(10-12-21)16-5-7-18(22)8-6-16/h5-8,15,17,19,22H,2-4,9-14H2,1H3/t15-,19+/m1/s1. The lowest BCUT2D eigenvalue weighted by Gasteiger charge is -2.34. The van der Waals surface area contributed by atoms with Crippen molar-refractivity contribution in [3.8, 4) is 5.75 Å². The number of nitrogens with zero attached hydrogens (tertiary/aromatic N) is 1. The van der Waals surface area contributed by atoms with Crippen LogP contribution in [0.1, 0.15) is 50.5 Å². The molecule has 0 saturated carbocycles. The van der Waals surface area contributed by atoms with Crippen LogP contribution in [0, 0.1) is 0 Å². The number of amides is 1. The summed E-state index contributed by atoms with van der Waals surface area (Å²) in [5, 5.41) is 9.40. The first-order valence-corrected chi connectivity index (χ1v) is 9.44. The predicted octanol–water partition coefficient (Wildman–Crippen LogP) is 3.07. The Labute approximate surface area is 149 Å². The third kappa shape index (κ3) is 4.95. The Kier molecular flexibility index (Phi) is 6.32. The highest BCUT2D eigenvalue weighted by Crippen LogP contribution is 2.29. The highest BCUT2D eigenvalue weighted by Gasteiger charge is 2.27. The number of piperidine rings is 1. The summed E-state index contributed by atoms with van der Waals surface area (Å²) < 4.78 is 11.4. The molecule has 1 aromatic carbocycles. The number of phenolic OH excluding ortho intramolecular Hbond substituents is 1. The maximum atomic E-state index is 12.6. The van der Waals surface area contributed by atoms with Crippen LogP contribution in [0.25, 0.3) is 0 Å². The lowest BCUT2D eigenvalue weighted by atomic mass is 9.89. The van der Waals surface area contributed by atoms with Crippen molar-refractivity contribution >= 4 is 5.91 Å². The van der Waals surface area contributed by atoms with Crippen molar-refractivity contribution in [2.45, 2.75) is 57.2 Å². The molecule has 2 aliphatic rings. The van der Waals surface area contributed by atoms with E-state index >= 15 is 0 Å². The molecule has 0 aromatic heterocycles. The quantitative estimate of drug-likeness (QED) is 0.889. The van der Waals surface area contributed by atoms with Gasteiger partial charge in [0, 0.05) is 19.7 Å². The van der Waals surface area contributed by atoms with E-state index in [1.54, 1.807) is 12.1 Å². The molecular weight excluding hydrogens is 318 g/mol. The Morgan fingerprint density at radius 1 is 1.24 bits per heavy atom. The molecule has 5 heteroatoms. The van der Waals surface area contributed by atoms with Gasteiger partial charge < -0.3 is 19.5 Å². The van der Waals surface area contributed by atoms with Crippen molar-refractivity contribution in [1.29, 1.82) is 0 Å². The summed E-state index contributed by atoms with van der Waals surface area (Å²) in [5.41, 5.74) is 1.24. The number of carbonyl (C=O) groups excluding carboxylic acids is 1. The summed E-state index contributed by atoms with van der Waals surface area (Å²) in [5.74, 6) is 0.834. The highest BCUT2D eigenvalue weighted by atomic mass is 16.5. The number of rotatable bonds is 5. The van der Waals surface area contributed by atoms with Crippen molar-refractivity contribution in [3.63, 3.8) is 0 Å². The smallest absolute Gasteiger partial charge is 0.251 e. The molecule has 2 fully saturated rings. The van der Waals surface area contributed by atoms with Crippen molar-refractivity contribution in [1.82, 2.24) is 4.90 Å². The zero-order chi connectivity index (χ0) is 17.6. The van der Waals surface area contributed by atoms with E-state index in [-0.39, 0.29) is 12.0 Å². The minimum absolute atomic E-state index is 0.0833. The fraction of sp³-hybridized carbons (Fsp3) is 0.650.